The summed E-state index contributed by atoms with van der Waals surface area (Å²) in [6.07, 6.45) is 1.60. The highest BCUT2D eigenvalue weighted by molar-refractivity contribution is 7.90. The van der Waals surface area contributed by atoms with E-state index in [0.717, 1.165) is 11.8 Å². The first kappa shape index (κ1) is 14.6. The van der Waals surface area contributed by atoms with Gasteiger partial charge in [0.2, 0.25) is 26.8 Å². The molecule has 2 unspecified atom stereocenters. The van der Waals surface area contributed by atoms with E-state index in [1.807, 2.05) is 0 Å². The number of nitrogens with zero attached hydrogens (tertiary/aromatic N) is 2. The lowest BCUT2D eigenvalue weighted by molar-refractivity contribution is -0.117. The highest BCUT2D eigenvalue weighted by Crippen LogP contribution is 2.47. The van der Waals surface area contributed by atoms with Crippen LogP contribution in [0.1, 0.15) is 17.9 Å². The Balaban J connectivity index is 1.66. The molecular weight excluding hydrogens is 311 g/mol. The number of hydrogen-bond donors (Lipinski definition) is 2. The Labute approximate surface area is 125 Å². The van der Waals surface area contributed by atoms with E-state index in [1.54, 1.807) is 12.1 Å². The van der Waals surface area contributed by atoms with Crippen LogP contribution in [0.2, 0.25) is 0 Å². The van der Waals surface area contributed by atoms with Crippen molar-refractivity contribution in [2.24, 2.45) is 5.92 Å². The number of carbonyl (C=O) groups is 1. The lowest BCUT2D eigenvalue weighted by atomic mass is 10.1. The van der Waals surface area contributed by atoms with Crippen LogP contribution in [0.3, 0.4) is 0 Å². The third-order valence-corrected chi connectivity index (χ3v) is 4.34. The molecule has 0 aliphatic heterocycles. The van der Waals surface area contributed by atoms with Gasteiger partial charge >= 0.3 is 0 Å². The Morgan fingerprint density at radius 1 is 1.45 bits per heavy atom. The number of sulfone groups is 1. The number of aromatic nitrogens is 3. The normalized spacial score (nSPS) is 20.6. The van der Waals surface area contributed by atoms with Crippen LogP contribution < -0.4 is 5.32 Å². The largest absolute Gasteiger partial charge is 0.293 e. The molecule has 0 saturated heterocycles. The summed E-state index contributed by atoms with van der Waals surface area (Å²) in [6.45, 7) is 0. The summed E-state index contributed by atoms with van der Waals surface area (Å²) in [7, 11) is -3.50. The van der Waals surface area contributed by atoms with Crippen molar-refractivity contribution in [3.8, 4) is 0 Å². The molecule has 116 valence electrons. The van der Waals surface area contributed by atoms with Crippen LogP contribution in [0.15, 0.2) is 29.4 Å². The number of benzene rings is 1. The Morgan fingerprint density at radius 3 is 2.86 bits per heavy atom. The van der Waals surface area contributed by atoms with E-state index in [9.17, 15) is 17.6 Å². The van der Waals surface area contributed by atoms with Gasteiger partial charge in [0.25, 0.3) is 0 Å². The van der Waals surface area contributed by atoms with Crippen molar-refractivity contribution >= 4 is 21.7 Å². The van der Waals surface area contributed by atoms with Gasteiger partial charge in [0.15, 0.2) is 0 Å². The van der Waals surface area contributed by atoms with Gasteiger partial charge in [-0.2, -0.15) is 4.98 Å². The topological polar surface area (TPSA) is 105 Å². The van der Waals surface area contributed by atoms with Gasteiger partial charge in [0.1, 0.15) is 5.82 Å². The van der Waals surface area contributed by atoms with Gasteiger partial charge in [-0.1, -0.05) is 12.1 Å². The number of amides is 1. The highest BCUT2D eigenvalue weighted by atomic mass is 32.2. The van der Waals surface area contributed by atoms with Crippen LogP contribution in [-0.4, -0.2) is 35.8 Å². The minimum absolute atomic E-state index is 0.0379. The zero-order valence-electron chi connectivity index (χ0n) is 11.6. The fourth-order valence-electron chi connectivity index (χ4n) is 2.26. The molecular formula is C13H13FN4O3S. The molecule has 9 heteroatoms. The molecule has 1 heterocycles. The maximum absolute atomic E-state index is 13.2. The molecule has 0 bridgehead atoms. The van der Waals surface area contributed by atoms with Crippen molar-refractivity contribution in [2.75, 3.05) is 11.6 Å². The SMILES string of the molecule is CS(=O)(=O)c1nc(NC(=O)C2CC2c2cccc(F)c2)n[nH]1. The van der Waals surface area contributed by atoms with Crippen LogP contribution in [0.25, 0.3) is 0 Å². The van der Waals surface area contributed by atoms with E-state index in [2.05, 4.69) is 20.5 Å². The maximum atomic E-state index is 13.2. The molecule has 22 heavy (non-hydrogen) atoms. The molecule has 2 atom stereocenters. The summed E-state index contributed by atoms with van der Waals surface area (Å²) in [4.78, 5) is 15.8. The predicted octanol–water partition coefficient (Wildman–Crippen LogP) is 1.09. The number of hydrogen-bond acceptors (Lipinski definition) is 5. The maximum Gasteiger partial charge on any atom is 0.249 e. The number of halogens is 1. The summed E-state index contributed by atoms with van der Waals surface area (Å²) < 4.78 is 35.7. The Kier molecular flexibility index (Phi) is 3.44. The van der Waals surface area contributed by atoms with E-state index in [4.69, 9.17) is 0 Å². The van der Waals surface area contributed by atoms with Crippen molar-refractivity contribution < 1.29 is 17.6 Å². The standard InChI is InChI=1S/C13H13FN4O3S/c1-22(20,21)13-16-12(17-18-13)15-11(19)10-6-9(10)7-3-2-4-8(14)5-7/h2-5,9-10H,6H2,1H3,(H2,15,16,17,18,19). The number of anilines is 1. The molecule has 1 aliphatic rings. The average Bonchev–Trinajstić information content (AvgIpc) is 3.10. The van der Waals surface area contributed by atoms with Gasteiger partial charge in [-0.15, -0.1) is 5.10 Å². The fraction of sp³-hybridized carbons (Fsp3) is 0.308. The Hall–Kier alpha value is -2.29. The zero-order chi connectivity index (χ0) is 15.9. The lowest BCUT2D eigenvalue weighted by Gasteiger charge is -2.01. The monoisotopic (exact) mass is 324 g/mol. The number of nitrogens with one attached hydrogen (secondary N) is 2. The smallest absolute Gasteiger partial charge is 0.249 e. The summed E-state index contributed by atoms with van der Waals surface area (Å²) in [6, 6.07) is 6.13. The van der Waals surface area contributed by atoms with Gasteiger partial charge in [0.05, 0.1) is 0 Å². The minimum Gasteiger partial charge on any atom is -0.293 e. The van der Waals surface area contributed by atoms with Crippen molar-refractivity contribution in [3.05, 3.63) is 35.6 Å². The second-order valence-corrected chi connectivity index (χ2v) is 7.16. The predicted molar refractivity (Wildman–Crippen MR) is 75.4 cm³/mol. The first-order chi connectivity index (χ1) is 10.3. The van der Waals surface area contributed by atoms with Gasteiger partial charge < -0.3 is 0 Å². The average molecular weight is 324 g/mol. The van der Waals surface area contributed by atoms with E-state index < -0.39 is 9.84 Å². The molecule has 0 radical (unpaired) electrons. The molecule has 1 aliphatic carbocycles. The molecule has 1 aromatic carbocycles. The van der Waals surface area contributed by atoms with E-state index in [1.165, 1.54) is 12.1 Å². The fourth-order valence-corrected chi connectivity index (χ4v) is 2.73. The third-order valence-electron chi connectivity index (χ3n) is 3.46. The molecule has 0 spiro atoms. The number of aromatic amines is 1. The lowest BCUT2D eigenvalue weighted by Crippen LogP contribution is -2.15. The molecule has 7 nitrogen and oxygen atoms in total. The van der Waals surface area contributed by atoms with Crippen molar-refractivity contribution in [1.82, 2.24) is 15.2 Å². The van der Waals surface area contributed by atoms with Crippen molar-refractivity contribution in [3.63, 3.8) is 0 Å². The quantitative estimate of drug-likeness (QED) is 0.876. The summed E-state index contributed by atoms with van der Waals surface area (Å²) >= 11 is 0. The summed E-state index contributed by atoms with van der Waals surface area (Å²) in [5.74, 6) is -1.06. The van der Waals surface area contributed by atoms with Crippen LogP contribution in [0, 0.1) is 11.7 Å². The highest BCUT2D eigenvalue weighted by Gasteiger charge is 2.44. The summed E-state index contributed by atoms with van der Waals surface area (Å²) in [5.41, 5.74) is 0.770. The Bertz CT molecular complexity index is 833. The number of rotatable bonds is 4. The zero-order valence-corrected chi connectivity index (χ0v) is 12.4. The van der Waals surface area contributed by atoms with Crippen LogP contribution >= 0.6 is 0 Å². The third kappa shape index (κ3) is 2.98. The first-order valence-electron chi connectivity index (χ1n) is 6.53. The van der Waals surface area contributed by atoms with Crippen molar-refractivity contribution in [2.45, 2.75) is 17.5 Å². The van der Waals surface area contributed by atoms with E-state index >= 15 is 0 Å². The second-order valence-electron chi connectivity index (χ2n) is 5.23. The summed E-state index contributed by atoms with van der Waals surface area (Å²) in [5, 5.41) is 8.04. The Morgan fingerprint density at radius 2 is 2.23 bits per heavy atom. The van der Waals surface area contributed by atoms with Gasteiger partial charge in [-0.3, -0.25) is 10.1 Å². The minimum atomic E-state index is -3.50. The van der Waals surface area contributed by atoms with Gasteiger partial charge in [-0.05, 0) is 30.0 Å². The van der Waals surface area contributed by atoms with Gasteiger partial charge in [0, 0.05) is 12.2 Å². The van der Waals surface area contributed by atoms with Crippen LogP contribution in [-0.2, 0) is 14.6 Å². The van der Waals surface area contributed by atoms with Crippen LogP contribution in [0.5, 0.6) is 0 Å². The number of carbonyl (C=O) groups excluding carboxylic acids is 1. The van der Waals surface area contributed by atoms with E-state index in [0.29, 0.717) is 6.42 Å². The second kappa shape index (κ2) is 5.16. The first-order valence-corrected chi connectivity index (χ1v) is 8.42. The van der Waals surface area contributed by atoms with Crippen LogP contribution in [0.4, 0.5) is 10.3 Å². The van der Waals surface area contributed by atoms with Crippen molar-refractivity contribution in [1.29, 1.82) is 0 Å². The van der Waals surface area contributed by atoms with E-state index in [-0.39, 0.29) is 34.7 Å². The molecule has 1 saturated carbocycles. The molecule has 2 N–H and O–H groups in total. The molecule has 1 fully saturated rings. The molecule has 2 aromatic rings. The van der Waals surface area contributed by atoms with Gasteiger partial charge in [-0.25, -0.2) is 17.9 Å². The molecule has 1 amide bonds. The molecule has 3 rings (SSSR count). The molecule has 1 aromatic heterocycles. The number of H-pyrrole nitrogens is 1.